The van der Waals surface area contributed by atoms with Gasteiger partial charge in [0.05, 0.1) is 22.3 Å². The first kappa shape index (κ1) is 21.3. The number of nitrogens with zero attached hydrogens (tertiary/aromatic N) is 3. The van der Waals surface area contributed by atoms with Crippen LogP contribution in [0.2, 0.25) is 0 Å². The number of aryl methyl sites for hydroxylation is 1. The SMILES string of the molecule is CCCCCCc1cccc(C(=O)OC2CN(C)C(=O)N2c2nc3ccccc3s2)c1. The summed E-state index contributed by atoms with van der Waals surface area (Å²) in [7, 11) is 1.70. The van der Waals surface area contributed by atoms with Crippen LogP contribution in [0.5, 0.6) is 0 Å². The first-order valence-corrected chi connectivity index (χ1v) is 11.6. The average molecular weight is 438 g/mol. The van der Waals surface area contributed by atoms with E-state index in [2.05, 4.69) is 11.9 Å². The second-order valence-corrected chi connectivity index (χ2v) is 8.88. The number of hydrogen-bond donors (Lipinski definition) is 0. The van der Waals surface area contributed by atoms with Gasteiger partial charge in [0.2, 0.25) is 6.23 Å². The fourth-order valence-electron chi connectivity index (χ4n) is 3.76. The summed E-state index contributed by atoms with van der Waals surface area (Å²) < 4.78 is 6.78. The highest BCUT2D eigenvalue weighted by Gasteiger charge is 2.40. The summed E-state index contributed by atoms with van der Waals surface area (Å²) >= 11 is 1.42. The lowest BCUT2D eigenvalue weighted by molar-refractivity contribution is 0.0331. The maximum Gasteiger partial charge on any atom is 0.340 e. The van der Waals surface area contributed by atoms with Crippen LogP contribution in [-0.4, -0.2) is 41.7 Å². The number of carbonyl (C=O) groups excluding carboxylic acids is 2. The number of thiazole rings is 1. The van der Waals surface area contributed by atoms with Crippen molar-refractivity contribution in [2.75, 3.05) is 18.5 Å². The molecule has 3 aromatic rings. The molecule has 0 spiro atoms. The number of rotatable bonds is 8. The maximum absolute atomic E-state index is 12.9. The summed E-state index contributed by atoms with van der Waals surface area (Å²) in [6.45, 7) is 2.50. The molecule has 0 bridgehead atoms. The highest BCUT2D eigenvalue weighted by atomic mass is 32.1. The molecule has 4 rings (SSSR count). The van der Waals surface area contributed by atoms with Crippen LogP contribution in [0.3, 0.4) is 0 Å². The van der Waals surface area contributed by atoms with Gasteiger partial charge >= 0.3 is 12.0 Å². The molecule has 0 radical (unpaired) electrons. The van der Waals surface area contributed by atoms with Gasteiger partial charge in [-0.25, -0.2) is 19.5 Å². The first-order chi connectivity index (χ1) is 15.1. The molecule has 1 fully saturated rings. The topological polar surface area (TPSA) is 62.7 Å². The Morgan fingerprint density at radius 3 is 2.81 bits per heavy atom. The standard InChI is InChI=1S/C24H27N3O3S/c1-3-4-5-6-10-17-11-9-12-18(15-17)22(28)30-21-16-26(2)24(29)27(21)23-25-19-13-7-8-14-20(19)31-23/h7-9,11-15,21H,3-6,10,16H2,1-2H3. The zero-order valence-corrected chi connectivity index (χ0v) is 18.7. The molecule has 2 aromatic carbocycles. The summed E-state index contributed by atoms with van der Waals surface area (Å²) in [4.78, 5) is 33.3. The number of anilines is 1. The highest BCUT2D eigenvalue weighted by molar-refractivity contribution is 7.22. The number of para-hydroxylation sites is 1. The van der Waals surface area contributed by atoms with Gasteiger partial charge in [0, 0.05) is 7.05 Å². The number of ether oxygens (including phenoxy) is 1. The van der Waals surface area contributed by atoms with E-state index in [-0.39, 0.29) is 6.03 Å². The molecule has 6 nitrogen and oxygen atoms in total. The second kappa shape index (κ2) is 9.47. The molecule has 1 aliphatic heterocycles. The number of aromatic nitrogens is 1. The van der Waals surface area contributed by atoms with Crippen molar-refractivity contribution in [3.05, 3.63) is 59.7 Å². The minimum absolute atomic E-state index is 0.221. The van der Waals surface area contributed by atoms with Gasteiger partial charge in [-0.05, 0) is 42.7 Å². The molecular weight excluding hydrogens is 410 g/mol. The second-order valence-electron chi connectivity index (χ2n) is 7.87. The quantitative estimate of drug-likeness (QED) is 0.346. The van der Waals surface area contributed by atoms with Crippen molar-refractivity contribution in [1.82, 2.24) is 9.88 Å². The first-order valence-electron chi connectivity index (χ1n) is 10.8. The number of urea groups is 1. The van der Waals surface area contributed by atoms with E-state index in [9.17, 15) is 9.59 Å². The summed E-state index contributed by atoms with van der Waals surface area (Å²) in [5.41, 5.74) is 2.47. The molecule has 7 heteroatoms. The minimum Gasteiger partial charge on any atom is -0.435 e. The van der Waals surface area contributed by atoms with Crippen LogP contribution in [0, 0.1) is 0 Å². The zero-order valence-electron chi connectivity index (χ0n) is 17.9. The fraction of sp³-hybridized carbons (Fsp3) is 0.375. The van der Waals surface area contributed by atoms with Gasteiger partial charge in [-0.3, -0.25) is 0 Å². The number of benzene rings is 2. The van der Waals surface area contributed by atoms with Gasteiger partial charge in [0.15, 0.2) is 5.13 Å². The van der Waals surface area contributed by atoms with E-state index in [0.29, 0.717) is 17.2 Å². The number of fused-ring (bicyclic) bond motifs is 1. The van der Waals surface area contributed by atoms with Crippen molar-refractivity contribution in [2.24, 2.45) is 0 Å². The molecule has 0 N–H and O–H groups in total. The van der Waals surface area contributed by atoms with Crippen molar-refractivity contribution in [1.29, 1.82) is 0 Å². The van der Waals surface area contributed by atoms with E-state index in [1.165, 1.54) is 35.5 Å². The van der Waals surface area contributed by atoms with E-state index in [1.54, 1.807) is 18.0 Å². The number of likely N-dealkylation sites (N-methyl/N-ethyl adjacent to an activating group) is 1. The van der Waals surface area contributed by atoms with Crippen LogP contribution < -0.4 is 4.90 Å². The van der Waals surface area contributed by atoms with Gasteiger partial charge in [-0.1, -0.05) is 61.8 Å². The van der Waals surface area contributed by atoms with Gasteiger partial charge in [0.1, 0.15) is 0 Å². The molecule has 1 atom stereocenters. The lowest BCUT2D eigenvalue weighted by Crippen LogP contribution is -2.37. The number of amides is 2. The van der Waals surface area contributed by atoms with E-state index in [0.717, 1.165) is 28.6 Å². The third-order valence-corrected chi connectivity index (χ3v) is 6.50. The summed E-state index contributed by atoms with van der Waals surface area (Å²) in [6, 6.07) is 15.1. The van der Waals surface area contributed by atoms with Crippen molar-refractivity contribution >= 4 is 38.7 Å². The predicted molar refractivity (Wildman–Crippen MR) is 124 cm³/mol. The molecule has 1 aliphatic rings. The zero-order chi connectivity index (χ0) is 21.8. The van der Waals surface area contributed by atoms with E-state index < -0.39 is 12.2 Å². The van der Waals surface area contributed by atoms with Gasteiger partial charge in [-0.2, -0.15) is 0 Å². The lowest BCUT2D eigenvalue weighted by Gasteiger charge is -2.20. The molecular formula is C24H27N3O3S. The fourth-order valence-corrected chi connectivity index (χ4v) is 4.76. The van der Waals surface area contributed by atoms with Crippen molar-refractivity contribution in [3.63, 3.8) is 0 Å². The third-order valence-electron chi connectivity index (χ3n) is 5.46. The average Bonchev–Trinajstić information content (AvgIpc) is 3.31. The highest BCUT2D eigenvalue weighted by Crippen LogP contribution is 2.33. The normalized spacial score (nSPS) is 16.3. The van der Waals surface area contributed by atoms with E-state index >= 15 is 0 Å². The molecule has 1 aromatic heterocycles. The molecule has 31 heavy (non-hydrogen) atoms. The molecule has 2 amide bonds. The third kappa shape index (κ3) is 4.71. The summed E-state index contributed by atoms with van der Waals surface area (Å²) in [5, 5.41) is 0.540. The van der Waals surface area contributed by atoms with Gasteiger partial charge < -0.3 is 9.64 Å². The smallest absolute Gasteiger partial charge is 0.340 e. The molecule has 0 saturated carbocycles. The molecule has 162 valence electrons. The number of unbranched alkanes of at least 4 members (excludes halogenated alkanes) is 3. The van der Waals surface area contributed by atoms with Crippen LogP contribution >= 0.6 is 11.3 Å². The summed E-state index contributed by atoms with van der Waals surface area (Å²) in [5.74, 6) is -0.422. The van der Waals surface area contributed by atoms with Crippen LogP contribution in [0.15, 0.2) is 48.5 Å². The molecule has 2 heterocycles. The Morgan fingerprint density at radius 1 is 1.16 bits per heavy atom. The van der Waals surface area contributed by atoms with Crippen LogP contribution in [0.1, 0.15) is 48.5 Å². The number of hydrogen-bond acceptors (Lipinski definition) is 5. The van der Waals surface area contributed by atoms with Crippen LogP contribution in [0.4, 0.5) is 9.93 Å². The van der Waals surface area contributed by atoms with E-state index in [4.69, 9.17) is 4.74 Å². The molecule has 1 saturated heterocycles. The Bertz CT molecular complexity index is 1050. The van der Waals surface area contributed by atoms with Crippen molar-refractivity contribution < 1.29 is 14.3 Å². The van der Waals surface area contributed by atoms with E-state index in [1.807, 2.05) is 42.5 Å². The van der Waals surface area contributed by atoms with Crippen molar-refractivity contribution in [2.45, 2.75) is 45.3 Å². The van der Waals surface area contributed by atoms with Crippen LogP contribution in [-0.2, 0) is 11.2 Å². The summed E-state index contributed by atoms with van der Waals surface area (Å²) in [6.07, 6.45) is 4.97. The lowest BCUT2D eigenvalue weighted by atomic mass is 10.0. The monoisotopic (exact) mass is 437 g/mol. The van der Waals surface area contributed by atoms with Gasteiger partial charge in [0.25, 0.3) is 0 Å². The molecule has 1 unspecified atom stereocenters. The Hall–Kier alpha value is -2.93. The number of carbonyl (C=O) groups is 2. The predicted octanol–water partition coefficient (Wildman–Crippen LogP) is 5.47. The Morgan fingerprint density at radius 2 is 2.00 bits per heavy atom. The van der Waals surface area contributed by atoms with Gasteiger partial charge in [-0.15, -0.1) is 0 Å². The minimum atomic E-state index is -0.709. The molecule has 0 aliphatic carbocycles. The Labute approximate surface area is 186 Å². The van der Waals surface area contributed by atoms with Crippen LogP contribution in [0.25, 0.3) is 10.2 Å². The maximum atomic E-state index is 12.9. The number of esters is 1. The Balaban J connectivity index is 1.49. The largest absolute Gasteiger partial charge is 0.435 e. The Kier molecular flexibility index (Phi) is 6.51. The van der Waals surface area contributed by atoms with Crippen molar-refractivity contribution in [3.8, 4) is 0 Å².